The minimum Gasteiger partial charge on any atom is -0.408 e. The number of oxazole rings is 1. The van der Waals surface area contributed by atoms with Crippen LogP contribution >= 0.6 is 0 Å². The van der Waals surface area contributed by atoms with Crippen molar-refractivity contribution in [3.63, 3.8) is 0 Å². The molecule has 1 heterocycles. The lowest BCUT2D eigenvalue weighted by Crippen LogP contribution is -2.15. The number of fused-ring (bicyclic) bond motifs is 1. The average molecular weight is 260 g/mol. The SMILES string of the molecule is CCn1c(=O)oc2cc(C(N)C3CC3(C)C)ccc21. The molecule has 2 N–H and O–H groups in total. The summed E-state index contributed by atoms with van der Waals surface area (Å²) in [5.74, 6) is 0.222. The van der Waals surface area contributed by atoms with E-state index in [4.69, 9.17) is 10.2 Å². The minimum atomic E-state index is -0.296. The molecule has 0 bridgehead atoms. The Kier molecular flexibility index (Phi) is 2.61. The van der Waals surface area contributed by atoms with Gasteiger partial charge >= 0.3 is 5.76 Å². The second-order valence-electron chi connectivity index (χ2n) is 6.16. The first-order valence-corrected chi connectivity index (χ1v) is 6.83. The predicted octanol–water partition coefficient (Wildman–Crippen LogP) is 2.66. The molecule has 1 aromatic carbocycles. The van der Waals surface area contributed by atoms with E-state index >= 15 is 0 Å². The molecule has 1 aliphatic rings. The molecule has 1 saturated carbocycles. The Hall–Kier alpha value is -1.55. The van der Waals surface area contributed by atoms with E-state index in [1.807, 2.05) is 25.1 Å². The molecule has 4 nitrogen and oxygen atoms in total. The van der Waals surface area contributed by atoms with Gasteiger partial charge in [-0.15, -0.1) is 0 Å². The molecule has 2 unspecified atom stereocenters. The Morgan fingerprint density at radius 3 is 2.79 bits per heavy atom. The van der Waals surface area contributed by atoms with E-state index in [-0.39, 0.29) is 11.8 Å². The Labute approximate surface area is 112 Å². The maximum Gasteiger partial charge on any atom is 0.419 e. The van der Waals surface area contributed by atoms with Gasteiger partial charge in [0.15, 0.2) is 5.58 Å². The van der Waals surface area contributed by atoms with Crippen molar-refractivity contribution in [2.75, 3.05) is 0 Å². The van der Waals surface area contributed by atoms with Crippen LogP contribution in [0.4, 0.5) is 0 Å². The van der Waals surface area contributed by atoms with E-state index in [1.54, 1.807) is 4.57 Å². The number of aromatic nitrogens is 1. The van der Waals surface area contributed by atoms with E-state index < -0.39 is 0 Å². The molecule has 0 radical (unpaired) electrons. The molecule has 2 aromatic rings. The summed E-state index contributed by atoms with van der Waals surface area (Å²) in [6.45, 7) is 7.03. The largest absolute Gasteiger partial charge is 0.419 e. The van der Waals surface area contributed by atoms with Crippen molar-refractivity contribution >= 4 is 11.1 Å². The number of hydrogen-bond donors (Lipinski definition) is 1. The molecule has 19 heavy (non-hydrogen) atoms. The maximum absolute atomic E-state index is 11.7. The fourth-order valence-electron chi connectivity index (χ4n) is 2.94. The zero-order valence-corrected chi connectivity index (χ0v) is 11.6. The Balaban J connectivity index is 2.01. The lowest BCUT2D eigenvalue weighted by Gasteiger charge is -2.13. The van der Waals surface area contributed by atoms with Crippen LogP contribution in [0.25, 0.3) is 11.1 Å². The van der Waals surface area contributed by atoms with Crippen LogP contribution in [0, 0.1) is 11.3 Å². The van der Waals surface area contributed by atoms with Crippen LogP contribution in [0.15, 0.2) is 27.4 Å². The lowest BCUT2D eigenvalue weighted by atomic mass is 9.98. The van der Waals surface area contributed by atoms with Crippen molar-refractivity contribution in [2.45, 2.75) is 39.8 Å². The molecule has 102 valence electrons. The zero-order chi connectivity index (χ0) is 13.8. The summed E-state index contributed by atoms with van der Waals surface area (Å²) < 4.78 is 6.92. The van der Waals surface area contributed by atoms with Crippen molar-refractivity contribution in [3.05, 3.63) is 34.3 Å². The summed E-state index contributed by atoms with van der Waals surface area (Å²) in [7, 11) is 0. The Morgan fingerprint density at radius 1 is 1.53 bits per heavy atom. The van der Waals surface area contributed by atoms with Crippen LogP contribution in [0.3, 0.4) is 0 Å². The highest BCUT2D eigenvalue weighted by Crippen LogP contribution is 2.57. The smallest absolute Gasteiger partial charge is 0.408 e. The highest BCUT2D eigenvalue weighted by Gasteiger charge is 2.49. The number of nitrogens with zero attached hydrogens (tertiary/aromatic N) is 1. The highest BCUT2D eigenvalue weighted by atomic mass is 16.4. The third-order valence-corrected chi connectivity index (χ3v) is 4.42. The van der Waals surface area contributed by atoms with Gasteiger partial charge in [0.05, 0.1) is 5.52 Å². The van der Waals surface area contributed by atoms with Crippen molar-refractivity contribution in [1.82, 2.24) is 4.57 Å². The molecular formula is C15H20N2O2. The minimum absolute atomic E-state index is 0.0229. The van der Waals surface area contributed by atoms with E-state index in [0.717, 1.165) is 17.5 Å². The van der Waals surface area contributed by atoms with Crippen molar-refractivity contribution in [3.8, 4) is 0 Å². The molecule has 1 aromatic heterocycles. The summed E-state index contributed by atoms with van der Waals surface area (Å²) in [6.07, 6.45) is 1.16. The summed E-state index contributed by atoms with van der Waals surface area (Å²) in [6, 6.07) is 5.90. The van der Waals surface area contributed by atoms with Crippen LogP contribution in [0.1, 0.15) is 38.8 Å². The fourth-order valence-corrected chi connectivity index (χ4v) is 2.94. The van der Waals surface area contributed by atoms with Crippen molar-refractivity contribution in [2.24, 2.45) is 17.1 Å². The third kappa shape index (κ3) is 1.91. The standard InChI is InChI=1S/C15H20N2O2/c1-4-17-11-6-5-9(7-12(11)19-14(17)18)13(16)10-8-15(10,2)3/h5-7,10,13H,4,8,16H2,1-3H3. The van der Waals surface area contributed by atoms with Gasteiger partial charge < -0.3 is 10.2 Å². The molecule has 4 heteroatoms. The van der Waals surface area contributed by atoms with Gasteiger partial charge in [-0.3, -0.25) is 4.57 Å². The van der Waals surface area contributed by atoms with Gasteiger partial charge in [-0.2, -0.15) is 0 Å². The molecule has 0 aliphatic heterocycles. The first-order valence-electron chi connectivity index (χ1n) is 6.83. The average Bonchev–Trinajstić information content (AvgIpc) is 2.87. The molecule has 2 atom stereocenters. The monoisotopic (exact) mass is 260 g/mol. The molecule has 0 saturated heterocycles. The molecule has 3 rings (SSSR count). The molecule has 1 fully saturated rings. The number of hydrogen-bond acceptors (Lipinski definition) is 3. The van der Waals surface area contributed by atoms with Crippen LogP contribution in [0.5, 0.6) is 0 Å². The van der Waals surface area contributed by atoms with Crippen LogP contribution in [-0.4, -0.2) is 4.57 Å². The van der Waals surface area contributed by atoms with Gasteiger partial charge in [0, 0.05) is 12.6 Å². The maximum atomic E-state index is 11.7. The topological polar surface area (TPSA) is 61.2 Å². The summed E-state index contributed by atoms with van der Waals surface area (Å²) in [5, 5.41) is 0. The van der Waals surface area contributed by atoms with Gasteiger partial charge in [-0.1, -0.05) is 19.9 Å². The van der Waals surface area contributed by atoms with E-state index in [9.17, 15) is 4.79 Å². The van der Waals surface area contributed by atoms with Gasteiger partial charge in [-0.25, -0.2) is 4.79 Å². The van der Waals surface area contributed by atoms with E-state index in [2.05, 4.69) is 13.8 Å². The Bertz CT molecular complexity index is 681. The van der Waals surface area contributed by atoms with Gasteiger partial charge in [0.2, 0.25) is 0 Å². The van der Waals surface area contributed by atoms with Gasteiger partial charge in [0.25, 0.3) is 0 Å². The number of benzene rings is 1. The second kappa shape index (κ2) is 3.97. The first-order chi connectivity index (χ1) is 8.94. The fraction of sp³-hybridized carbons (Fsp3) is 0.533. The Morgan fingerprint density at radius 2 is 2.21 bits per heavy atom. The van der Waals surface area contributed by atoms with Crippen LogP contribution < -0.4 is 11.5 Å². The summed E-state index contributed by atoms with van der Waals surface area (Å²) in [5.41, 5.74) is 9.19. The number of nitrogens with two attached hydrogens (primary N) is 1. The highest BCUT2D eigenvalue weighted by molar-refractivity contribution is 5.74. The van der Waals surface area contributed by atoms with Crippen molar-refractivity contribution in [1.29, 1.82) is 0 Å². The molecule has 1 aliphatic carbocycles. The lowest BCUT2D eigenvalue weighted by molar-refractivity contribution is 0.489. The normalized spacial score (nSPS) is 22.6. The van der Waals surface area contributed by atoms with Crippen molar-refractivity contribution < 1.29 is 4.42 Å². The van der Waals surface area contributed by atoms with E-state index in [0.29, 0.717) is 23.5 Å². The van der Waals surface area contributed by atoms with E-state index in [1.165, 1.54) is 0 Å². The summed E-state index contributed by atoms with van der Waals surface area (Å²) >= 11 is 0. The first kappa shape index (κ1) is 12.5. The zero-order valence-electron chi connectivity index (χ0n) is 11.6. The predicted molar refractivity (Wildman–Crippen MR) is 75.0 cm³/mol. The summed E-state index contributed by atoms with van der Waals surface area (Å²) in [4.78, 5) is 11.7. The number of aryl methyl sites for hydroxylation is 1. The van der Waals surface area contributed by atoms with Crippen LogP contribution in [-0.2, 0) is 6.54 Å². The molecular weight excluding hydrogens is 240 g/mol. The second-order valence-corrected chi connectivity index (χ2v) is 6.16. The number of rotatable bonds is 3. The quantitative estimate of drug-likeness (QED) is 0.922. The van der Waals surface area contributed by atoms with Gasteiger partial charge in [-0.05, 0) is 42.4 Å². The molecule has 0 spiro atoms. The third-order valence-electron chi connectivity index (χ3n) is 4.42. The van der Waals surface area contributed by atoms with Gasteiger partial charge in [0.1, 0.15) is 0 Å². The van der Waals surface area contributed by atoms with Crippen LogP contribution in [0.2, 0.25) is 0 Å². The molecule has 0 amide bonds.